The average Bonchev–Trinajstić information content (AvgIpc) is 3.21. The first-order chi connectivity index (χ1) is 11.7. The number of likely N-dealkylation sites (tertiary alicyclic amines) is 1. The number of ether oxygens (including phenoxy) is 1. The summed E-state index contributed by atoms with van der Waals surface area (Å²) >= 11 is 1.73. The zero-order valence-corrected chi connectivity index (χ0v) is 14.8. The molecule has 1 N–H and O–H groups in total. The van der Waals surface area contributed by atoms with Crippen LogP contribution in [0.2, 0.25) is 0 Å². The van der Waals surface area contributed by atoms with Crippen LogP contribution in [0.15, 0.2) is 23.7 Å². The molecule has 0 amide bonds. The lowest BCUT2D eigenvalue weighted by Crippen LogP contribution is -2.47. The van der Waals surface area contributed by atoms with Gasteiger partial charge in [-0.3, -0.25) is 4.90 Å². The summed E-state index contributed by atoms with van der Waals surface area (Å²) in [6.07, 6.45) is 5.23. The molecule has 2 aliphatic heterocycles. The molecule has 24 heavy (non-hydrogen) atoms. The van der Waals surface area contributed by atoms with Crippen LogP contribution in [0.3, 0.4) is 0 Å². The highest BCUT2D eigenvalue weighted by molar-refractivity contribution is 7.09. The Morgan fingerprint density at radius 3 is 3.17 bits per heavy atom. The van der Waals surface area contributed by atoms with Gasteiger partial charge in [0.1, 0.15) is 10.8 Å². The minimum atomic E-state index is -0.0225. The molecule has 2 fully saturated rings. The number of hydrogen-bond acceptors (Lipinski definition) is 7. The zero-order valence-electron chi connectivity index (χ0n) is 13.9. The van der Waals surface area contributed by atoms with Gasteiger partial charge >= 0.3 is 0 Å². The Morgan fingerprint density at radius 1 is 1.42 bits per heavy atom. The minimum absolute atomic E-state index is 0.0225. The summed E-state index contributed by atoms with van der Waals surface area (Å²) in [5.41, 5.74) is 0.912. The molecule has 4 rings (SSSR count). The lowest BCUT2D eigenvalue weighted by Gasteiger charge is -2.39. The van der Waals surface area contributed by atoms with Crippen molar-refractivity contribution in [2.24, 2.45) is 0 Å². The first-order valence-electron chi connectivity index (χ1n) is 8.52. The third-order valence-electron chi connectivity index (χ3n) is 4.82. The molecular formula is C17H23N5OS. The second-order valence-corrected chi connectivity index (χ2v) is 7.82. The predicted molar refractivity (Wildman–Crippen MR) is 94.1 cm³/mol. The Balaban J connectivity index is 1.36. The van der Waals surface area contributed by atoms with E-state index in [1.165, 1.54) is 11.4 Å². The van der Waals surface area contributed by atoms with Crippen molar-refractivity contribution in [1.82, 2.24) is 20.1 Å². The molecule has 0 aromatic carbocycles. The molecule has 0 aliphatic carbocycles. The number of thiazole rings is 1. The van der Waals surface area contributed by atoms with Crippen molar-refractivity contribution < 1.29 is 4.74 Å². The molecule has 2 aliphatic rings. The molecule has 7 heteroatoms. The number of aryl methyl sites for hydroxylation is 1. The monoisotopic (exact) mass is 345 g/mol. The van der Waals surface area contributed by atoms with E-state index in [1.807, 2.05) is 30.6 Å². The maximum atomic E-state index is 6.27. The largest absolute Gasteiger partial charge is 0.371 e. The second-order valence-electron chi connectivity index (χ2n) is 6.84. The molecular weight excluding hydrogens is 322 g/mol. The lowest BCUT2D eigenvalue weighted by molar-refractivity contribution is -0.0533. The van der Waals surface area contributed by atoms with Gasteiger partial charge in [0.2, 0.25) is 0 Å². The number of aromatic nitrogens is 3. The number of hydrogen-bond donors (Lipinski definition) is 1. The Hall–Kier alpha value is -1.57. The van der Waals surface area contributed by atoms with E-state index in [-0.39, 0.29) is 5.60 Å². The van der Waals surface area contributed by atoms with E-state index in [0.29, 0.717) is 6.04 Å². The van der Waals surface area contributed by atoms with Crippen molar-refractivity contribution in [2.75, 3.05) is 25.0 Å². The van der Waals surface area contributed by atoms with Crippen LogP contribution in [-0.2, 0) is 11.3 Å². The molecule has 1 spiro atoms. The maximum absolute atomic E-state index is 6.27. The molecule has 128 valence electrons. The van der Waals surface area contributed by atoms with Crippen molar-refractivity contribution in [3.05, 3.63) is 34.4 Å². The third-order valence-corrected chi connectivity index (χ3v) is 5.58. The van der Waals surface area contributed by atoms with Crippen molar-refractivity contribution in [2.45, 2.75) is 44.4 Å². The normalized spacial score (nSPS) is 27.6. The molecule has 2 aromatic rings. The van der Waals surface area contributed by atoms with Gasteiger partial charge < -0.3 is 10.1 Å². The van der Waals surface area contributed by atoms with Gasteiger partial charge in [0.05, 0.1) is 30.5 Å². The molecule has 6 nitrogen and oxygen atoms in total. The van der Waals surface area contributed by atoms with Crippen LogP contribution in [0.25, 0.3) is 0 Å². The average molecular weight is 345 g/mol. The molecule has 2 aromatic heterocycles. The highest BCUT2D eigenvalue weighted by Crippen LogP contribution is 2.36. The fourth-order valence-electron chi connectivity index (χ4n) is 3.75. The van der Waals surface area contributed by atoms with Gasteiger partial charge in [-0.15, -0.1) is 16.4 Å². The van der Waals surface area contributed by atoms with Gasteiger partial charge in [-0.1, -0.05) is 0 Å². The number of piperidine rings is 1. The third kappa shape index (κ3) is 3.58. The second kappa shape index (κ2) is 6.74. The van der Waals surface area contributed by atoms with E-state index in [9.17, 15) is 0 Å². The van der Waals surface area contributed by atoms with Gasteiger partial charge in [-0.2, -0.15) is 5.10 Å². The Kier molecular flexibility index (Phi) is 4.47. The molecule has 0 unspecified atom stereocenters. The summed E-state index contributed by atoms with van der Waals surface area (Å²) < 4.78 is 6.27. The van der Waals surface area contributed by atoms with Crippen LogP contribution in [0, 0.1) is 6.92 Å². The zero-order chi connectivity index (χ0) is 16.4. The Morgan fingerprint density at radius 2 is 2.38 bits per heavy atom. The smallest absolute Gasteiger partial charge is 0.148 e. The first-order valence-corrected chi connectivity index (χ1v) is 9.40. The number of nitrogens with one attached hydrogen (secondary N) is 1. The lowest BCUT2D eigenvalue weighted by atomic mass is 9.88. The summed E-state index contributed by atoms with van der Waals surface area (Å²) in [4.78, 5) is 6.89. The number of nitrogens with zero attached hydrogens (tertiary/aromatic N) is 4. The minimum Gasteiger partial charge on any atom is -0.371 e. The summed E-state index contributed by atoms with van der Waals surface area (Å²) in [7, 11) is 0. The summed E-state index contributed by atoms with van der Waals surface area (Å²) in [5, 5.41) is 15.0. The van der Waals surface area contributed by atoms with Crippen molar-refractivity contribution in [3.63, 3.8) is 0 Å². The van der Waals surface area contributed by atoms with Gasteiger partial charge in [0.25, 0.3) is 0 Å². The molecule has 0 radical (unpaired) electrons. The molecule has 0 saturated carbocycles. The van der Waals surface area contributed by atoms with Crippen LogP contribution in [0.1, 0.15) is 30.0 Å². The van der Waals surface area contributed by atoms with E-state index in [4.69, 9.17) is 4.74 Å². The maximum Gasteiger partial charge on any atom is 0.148 e. The summed E-state index contributed by atoms with van der Waals surface area (Å²) in [6.45, 7) is 5.74. The highest BCUT2D eigenvalue weighted by Gasteiger charge is 2.43. The van der Waals surface area contributed by atoms with E-state index in [0.717, 1.165) is 50.6 Å². The van der Waals surface area contributed by atoms with Crippen LogP contribution < -0.4 is 5.32 Å². The van der Waals surface area contributed by atoms with E-state index in [2.05, 4.69) is 25.4 Å². The Bertz CT molecular complexity index is 662. The highest BCUT2D eigenvalue weighted by atomic mass is 32.1. The molecule has 2 atom stereocenters. The van der Waals surface area contributed by atoms with Gasteiger partial charge in [-0.05, 0) is 38.4 Å². The van der Waals surface area contributed by atoms with E-state index < -0.39 is 0 Å². The van der Waals surface area contributed by atoms with Crippen molar-refractivity contribution in [3.8, 4) is 0 Å². The molecule has 4 heterocycles. The predicted octanol–water partition coefficient (Wildman–Crippen LogP) is 2.48. The fraction of sp³-hybridized carbons (Fsp3) is 0.588. The van der Waals surface area contributed by atoms with Crippen molar-refractivity contribution >= 4 is 17.2 Å². The Labute approximate surface area is 146 Å². The topological polar surface area (TPSA) is 63.2 Å². The molecule has 0 bridgehead atoms. The quantitative estimate of drug-likeness (QED) is 0.918. The van der Waals surface area contributed by atoms with Gasteiger partial charge in [0, 0.05) is 24.5 Å². The van der Waals surface area contributed by atoms with Crippen LogP contribution >= 0.6 is 11.3 Å². The standard InChI is InChI=1S/C17H23N5OS/c1-13-3-4-15(21-20-13)19-14-9-17(23-11-14)5-2-7-22(12-17)10-16-18-6-8-24-16/h3-4,6,8,14H,2,5,7,9-12H2,1H3,(H,19,21)/t14-,17-/m1/s1. The van der Waals surface area contributed by atoms with E-state index >= 15 is 0 Å². The SMILES string of the molecule is Cc1ccc(N[C@H]2CO[C@]3(CCCN(Cc4nccs4)C3)C2)nn1. The van der Waals surface area contributed by atoms with E-state index in [1.54, 1.807) is 11.3 Å². The summed E-state index contributed by atoms with van der Waals surface area (Å²) in [5.74, 6) is 0.835. The van der Waals surface area contributed by atoms with Crippen LogP contribution in [0.5, 0.6) is 0 Å². The number of rotatable bonds is 4. The van der Waals surface area contributed by atoms with Gasteiger partial charge in [-0.25, -0.2) is 4.98 Å². The van der Waals surface area contributed by atoms with Crippen LogP contribution in [0.4, 0.5) is 5.82 Å². The van der Waals surface area contributed by atoms with Crippen LogP contribution in [-0.4, -0.2) is 51.4 Å². The number of anilines is 1. The summed E-state index contributed by atoms with van der Waals surface area (Å²) in [6, 6.07) is 4.28. The fourth-order valence-corrected chi connectivity index (χ4v) is 4.41. The first kappa shape index (κ1) is 15.9. The molecule has 2 saturated heterocycles. The van der Waals surface area contributed by atoms with Gasteiger partial charge in [0.15, 0.2) is 0 Å². The van der Waals surface area contributed by atoms with Crippen molar-refractivity contribution in [1.29, 1.82) is 0 Å².